The van der Waals surface area contributed by atoms with Gasteiger partial charge in [0.05, 0.1) is 0 Å². The monoisotopic (exact) mass is 121 g/mol. The molecular weight excluding hydrogens is 114 g/mol. The quantitative estimate of drug-likeness (QED) is 0.488. The van der Waals surface area contributed by atoms with Gasteiger partial charge in [0.15, 0.2) is 0 Å². The highest BCUT2D eigenvalue weighted by atomic mass is 16.1. The molecule has 0 amide bonds. The highest BCUT2D eigenvalue weighted by Gasteiger charge is 1.86. The highest BCUT2D eigenvalue weighted by Crippen LogP contribution is 1.88. The molecule has 0 N–H and O–H groups in total. The van der Waals surface area contributed by atoms with E-state index in [0.717, 1.165) is 0 Å². The van der Waals surface area contributed by atoms with Crippen molar-refractivity contribution in [2.75, 3.05) is 0 Å². The molecule has 0 unspecified atom stereocenters. The highest BCUT2D eigenvalue weighted by molar-refractivity contribution is 5.12. The van der Waals surface area contributed by atoms with Crippen molar-refractivity contribution in [1.29, 1.82) is 0 Å². The summed E-state index contributed by atoms with van der Waals surface area (Å²) in [6, 6.07) is 3.03. The van der Waals surface area contributed by atoms with E-state index in [0.29, 0.717) is 5.56 Å². The van der Waals surface area contributed by atoms with Crippen LogP contribution in [0.4, 0.5) is 0 Å². The van der Waals surface area contributed by atoms with Gasteiger partial charge in [-0.2, -0.15) is 0 Å². The minimum absolute atomic E-state index is 0.0378. The van der Waals surface area contributed by atoms with Crippen molar-refractivity contribution in [3.8, 4) is 0 Å². The van der Waals surface area contributed by atoms with E-state index in [1.807, 2.05) is 0 Å². The molecule has 1 aromatic rings. The average Bonchev–Trinajstić information content (AvgIpc) is 1.80. The third kappa shape index (κ3) is 1.19. The lowest BCUT2D eigenvalue weighted by atomic mass is 10.3. The van der Waals surface area contributed by atoms with Gasteiger partial charge in [0.1, 0.15) is 0 Å². The van der Waals surface area contributed by atoms with Crippen molar-refractivity contribution in [1.82, 2.24) is 4.57 Å². The van der Waals surface area contributed by atoms with Crippen molar-refractivity contribution in [3.05, 3.63) is 41.2 Å². The predicted molar refractivity (Wildman–Crippen MR) is 35.1 cm³/mol. The van der Waals surface area contributed by atoms with E-state index in [1.54, 1.807) is 19.3 Å². The molecule has 0 atom stereocenters. The summed E-state index contributed by atoms with van der Waals surface area (Å²) in [5, 5.41) is 0. The van der Waals surface area contributed by atoms with Crippen LogP contribution in [0.15, 0.2) is 23.1 Å². The standard InChI is InChI=1S/C7H7NO/c1-6-3-4-7(9)8(2)5-6/h1,3-5H,2H3. The largest absolute Gasteiger partial charge is 0.318 e. The predicted octanol–water partition coefficient (Wildman–Crippen LogP) is 0.444. The van der Waals surface area contributed by atoms with Gasteiger partial charge >= 0.3 is 0 Å². The average molecular weight is 121 g/mol. The second kappa shape index (κ2) is 2.05. The lowest BCUT2D eigenvalue weighted by molar-refractivity contribution is 0.856. The van der Waals surface area contributed by atoms with Gasteiger partial charge in [0.25, 0.3) is 0 Å². The molecule has 0 saturated heterocycles. The molecule has 0 fully saturated rings. The topological polar surface area (TPSA) is 22.0 Å². The second-order valence-electron chi connectivity index (χ2n) is 1.91. The van der Waals surface area contributed by atoms with Crippen LogP contribution in [0.25, 0.3) is 0 Å². The Labute approximate surface area is 53.8 Å². The molecule has 0 spiro atoms. The number of hydrogen-bond acceptors (Lipinski definition) is 1. The Morgan fingerprint density at radius 3 is 2.67 bits per heavy atom. The van der Waals surface area contributed by atoms with Gasteiger partial charge < -0.3 is 4.57 Å². The minimum Gasteiger partial charge on any atom is -0.318 e. The Kier molecular flexibility index (Phi) is 1.39. The Balaban J connectivity index is 3.34. The molecule has 1 rings (SSSR count). The fraction of sp³-hybridized carbons (Fsp3) is 0.143. The van der Waals surface area contributed by atoms with Crippen molar-refractivity contribution in [2.45, 2.75) is 0 Å². The summed E-state index contributed by atoms with van der Waals surface area (Å²) in [7, 11) is 1.67. The molecule has 0 aliphatic carbocycles. The number of rotatable bonds is 0. The first-order valence-corrected chi connectivity index (χ1v) is 2.62. The molecule has 2 nitrogen and oxygen atoms in total. The van der Waals surface area contributed by atoms with E-state index < -0.39 is 0 Å². The maximum Gasteiger partial charge on any atom is 0.250 e. The normalized spacial score (nSPS) is 9.56. The van der Waals surface area contributed by atoms with Crippen LogP contribution in [-0.4, -0.2) is 4.57 Å². The van der Waals surface area contributed by atoms with Crippen LogP contribution in [0.1, 0.15) is 5.56 Å². The van der Waals surface area contributed by atoms with Crippen molar-refractivity contribution in [3.63, 3.8) is 0 Å². The molecule has 0 aromatic carbocycles. The first-order valence-electron chi connectivity index (χ1n) is 2.62. The molecule has 2 radical (unpaired) electrons. The number of hydrogen-bond donors (Lipinski definition) is 0. The summed E-state index contributed by atoms with van der Waals surface area (Å²) < 4.78 is 1.44. The first-order chi connectivity index (χ1) is 4.20. The zero-order valence-electron chi connectivity index (χ0n) is 5.16. The van der Waals surface area contributed by atoms with Crippen LogP contribution in [0, 0.1) is 6.92 Å². The number of nitrogens with zero attached hydrogens (tertiary/aromatic N) is 1. The van der Waals surface area contributed by atoms with E-state index in [-0.39, 0.29) is 5.56 Å². The molecule has 0 saturated carbocycles. The molecule has 1 heterocycles. The number of aromatic nitrogens is 1. The van der Waals surface area contributed by atoms with Crippen LogP contribution in [0.5, 0.6) is 0 Å². The third-order valence-electron chi connectivity index (χ3n) is 1.11. The van der Waals surface area contributed by atoms with Gasteiger partial charge in [-0.25, -0.2) is 0 Å². The molecule has 1 aromatic heterocycles. The maximum absolute atomic E-state index is 10.7. The fourth-order valence-corrected chi connectivity index (χ4v) is 0.615. The molecule has 9 heavy (non-hydrogen) atoms. The SMILES string of the molecule is [CH]c1ccc(=O)n(C)c1. The van der Waals surface area contributed by atoms with Gasteiger partial charge in [0, 0.05) is 26.2 Å². The summed E-state index contributed by atoms with van der Waals surface area (Å²) in [6.07, 6.45) is 1.59. The lowest BCUT2D eigenvalue weighted by Gasteiger charge is -1.94. The summed E-state index contributed by atoms with van der Waals surface area (Å²) in [5.41, 5.74) is 0.571. The van der Waals surface area contributed by atoms with E-state index >= 15 is 0 Å². The van der Waals surface area contributed by atoms with Crippen LogP contribution < -0.4 is 5.56 Å². The zero-order valence-corrected chi connectivity index (χ0v) is 5.16. The van der Waals surface area contributed by atoms with Crippen LogP contribution in [0.2, 0.25) is 0 Å². The second-order valence-corrected chi connectivity index (χ2v) is 1.91. The van der Waals surface area contributed by atoms with E-state index in [1.165, 1.54) is 10.6 Å². The van der Waals surface area contributed by atoms with Gasteiger partial charge in [-0.3, -0.25) is 4.79 Å². The molecule has 0 bridgehead atoms. The summed E-state index contributed by atoms with van der Waals surface area (Å²) in [6.45, 7) is 5.37. The van der Waals surface area contributed by atoms with Crippen LogP contribution in [-0.2, 0) is 7.05 Å². The third-order valence-corrected chi connectivity index (χ3v) is 1.11. The summed E-state index contributed by atoms with van der Waals surface area (Å²) >= 11 is 0. The smallest absolute Gasteiger partial charge is 0.250 e. The first kappa shape index (κ1) is 6.08. The molecular formula is C7H7NO. The Morgan fingerprint density at radius 2 is 2.22 bits per heavy atom. The molecule has 46 valence electrons. The van der Waals surface area contributed by atoms with E-state index in [2.05, 4.69) is 0 Å². The Bertz CT molecular complexity index is 262. The fourth-order valence-electron chi connectivity index (χ4n) is 0.615. The molecule has 0 aliphatic rings. The van der Waals surface area contributed by atoms with E-state index in [9.17, 15) is 4.79 Å². The number of pyridine rings is 1. The Morgan fingerprint density at radius 1 is 1.56 bits per heavy atom. The number of aryl methyl sites for hydroxylation is 1. The Hall–Kier alpha value is -1.05. The van der Waals surface area contributed by atoms with Gasteiger partial charge in [-0.15, -0.1) is 0 Å². The molecule has 2 heteroatoms. The van der Waals surface area contributed by atoms with Crippen molar-refractivity contribution >= 4 is 0 Å². The van der Waals surface area contributed by atoms with E-state index in [4.69, 9.17) is 6.92 Å². The van der Waals surface area contributed by atoms with Gasteiger partial charge in [-0.05, 0) is 5.56 Å². The van der Waals surface area contributed by atoms with Gasteiger partial charge in [0.2, 0.25) is 5.56 Å². The zero-order chi connectivity index (χ0) is 6.85. The van der Waals surface area contributed by atoms with Crippen molar-refractivity contribution in [2.24, 2.45) is 7.05 Å². The summed E-state index contributed by atoms with van der Waals surface area (Å²) in [4.78, 5) is 10.7. The summed E-state index contributed by atoms with van der Waals surface area (Å²) in [5.74, 6) is 0. The molecule has 0 aliphatic heterocycles. The van der Waals surface area contributed by atoms with Crippen molar-refractivity contribution < 1.29 is 0 Å². The van der Waals surface area contributed by atoms with Crippen LogP contribution >= 0.6 is 0 Å². The maximum atomic E-state index is 10.7. The lowest BCUT2D eigenvalue weighted by Crippen LogP contribution is -2.13. The van der Waals surface area contributed by atoms with Crippen LogP contribution in [0.3, 0.4) is 0 Å². The van der Waals surface area contributed by atoms with Gasteiger partial charge in [-0.1, -0.05) is 6.07 Å². The minimum atomic E-state index is -0.0378.